The van der Waals surface area contributed by atoms with Crippen molar-refractivity contribution in [1.82, 2.24) is 30.4 Å². The van der Waals surface area contributed by atoms with Gasteiger partial charge in [0.1, 0.15) is 12.7 Å². The number of aromatic amines is 2. The smallest absolute Gasteiger partial charge is 0.319 e. The van der Waals surface area contributed by atoms with Crippen LogP contribution >= 0.6 is 56.2 Å². The highest BCUT2D eigenvalue weighted by Crippen LogP contribution is 2.35. The van der Waals surface area contributed by atoms with Crippen LogP contribution in [0.25, 0.3) is 0 Å². The average molecular weight is 541 g/mol. The summed E-state index contributed by atoms with van der Waals surface area (Å²) in [5.74, 6) is 1.13. The molecule has 0 amide bonds. The van der Waals surface area contributed by atoms with E-state index in [0.717, 1.165) is 0 Å². The lowest BCUT2D eigenvalue weighted by atomic mass is 10.3. The number of hydrogen-bond acceptors (Lipinski definition) is 13. The molecule has 2 rings (SSSR count). The molecule has 0 aliphatic rings. The van der Waals surface area contributed by atoms with Gasteiger partial charge in [0.2, 0.25) is 8.77 Å². The molecule has 0 saturated heterocycles. The van der Waals surface area contributed by atoms with Gasteiger partial charge in [0.25, 0.3) is 0 Å². The summed E-state index contributed by atoms with van der Waals surface area (Å²) < 4.78 is 34.4. The zero-order chi connectivity index (χ0) is 23.2. The number of nitrogens with zero attached hydrogens (tertiary/aromatic N) is 4. The van der Waals surface area contributed by atoms with E-state index in [1.54, 1.807) is 0 Å². The summed E-state index contributed by atoms with van der Waals surface area (Å²) in [6, 6.07) is 0. The summed E-state index contributed by atoms with van der Waals surface area (Å²) in [4.78, 5) is 8.32. The molecular weight excluding hydrogens is 515 g/mol. The zero-order valence-corrected chi connectivity index (χ0v) is 21.8. The molecule has 11 nitrogen and oxygen atoms in total. The van der Waals surface area contributed by atoms with E-state index < -0.39 is 8.25 Å². The summed E-state index contributed by atoms with van der Waals surface area (Å²) in [5.41, 5.74) is 0. The Morgan fingerprint density at radius 3 is 1.72 bits per heavy atom. The van der Waals surface area contributed by atoms with Crippen LogP contribution in [0.2, 0.25) is 0 Å². The van der Waals surface area contributed by atoms with Crippen LogP contribution in [0.1, 0.15) is 48.8 Å². The van der Waals surface area contributed by atoms with Crippen LogP contribution in [0.3, 0.4) is 0 Å². The normalized spacial score (nSPS) is 13.9. The van der Waals surface area contributed by atoms with Gasteiger partial charge in [0.15, 0.2) is 11.6 Å². The second-order valence-corrected chi connectivity index (χ2v) is 10.5. The number of ether oxygens (including phenoxy) is 2. The summed E-state index contributed by atoms with van der Waals surface area (Å²) >= 11 is 13.0. The number of thioether (sulfide) groups is 2. The molecule has 2 unspecified atom stereocenters. The molecule has 2 N–H and O–H groups in total. The van der Waals surface area contributed by atoms with E-state index in [1.807, 2.05) is 13.8 Å². The summed E-state index contributed by atoms with van der Waals surface area (Å²) in [6.07, 6.45) is 3.93. The first kappa shape index (κ1) is 27.2. The van der Waals surface area contributed by atoms with E-state index in [1.165, 1.54) is 36.2 Å². The predicted molar refractivity (Wildman–Crippen MR) is 132 cm³/mol. The van der Waals surface area contributed by atoms with Crippen LogP contribution in [-0.4, -0.2) is 65.6 Å². The van der Waals surface area contributed by atoms with Crippen LogP contribution in [0.5, 0.6) is 0 Å². The fourth-order valence-corrected chi connectivity index (χ4v) is 5.59. The quantitative estimate of drug-likeness (QED) is 0.264. The van der Waals surface area contributed by atoms with Gasteiger partial charge in [-0.2, -0.15) is 10.2 Å². The summed E-state index contributed by atoms with van der Waals surface area (Å²) in [5, 5.41) is 13.1. The molecule has 0 aromatic carbocycles. The highest BCUT2D eigenvalue weighted by molar-refractivity contribution is 8.23. The Balaban J connectivity index is 1.76. The molecule has 0 bridgehead atoms. The molecule has 0 aliphatic heterocycles. The van der Waals surface area contributed by atoms with Crippen molar-refractivity contribution in [3.05, 3.63) is 24.3 Å². The van der Waals surface area contributed by atoms with Gasteiger partial charge in [-0.15, -0.1) is 0 Å². The van der Waals surface area contributed by atoms with E-state index in [9.17, 15) is 4.57 Å². The van der Waals surface area contributed by atoms with Crippen molar-refractivity contribution < 1.29 is 23.1 Å². The molecular formula is C16H25N6O5PS4. The first-order chi connectivity index (χ1) is 15.5. The first-order valence-corrected chi connectivity index (χ1v) is 13.5. The number of H-pyrrole nitrogens is 2. The molecule has 2 aromatic rings. The van der Waals surface area contributed by atoms with Gasteiger partial charge in [0.05, 0.1) is 36.9 Å². The molecule has 0 saturated carbocycles. The maximum atomic E-state index is 12.2. The molecule has 2 heterocycles. The third-order valence-corrected chi connectivity index (χ3v) is 7.42. The lowest BCUT2D eigenvalue weighted by molar-refractivity contribution is 0.220. The Hall–Kier alpha value is -1.09. The number of thiocarbonyl (C=S) groups is 2. The van der Waals surface area contributed by atoms with Gasteiger partial charge in [-0.25, -0.2) is 9.97 Å². The van der Waals surface area contributed by atoms with Crippen LogP contribution in [0.15, 0.2) is 12.7 Å². The Morgan fingerprint density at radius 1 is 0.938 bits per heavy atom. The molecule has 0 radical (unpaired) electrons. The summed E-state index contributed by atoms with van der Waals surface area (Å²) in [7, 11) is -2.69. The zero-order valence-electron chi connectivity index (χ0n) is 17.5. The van der Waals surface area contributed by atoms with Crippen molar-refractivity contribution >= 4 is 65.0 Å². The van der Waals surface area contributed by atoms with E-state index >= 15 is 0 Å². The molecule has 2 atom stereocenters. The topological polar surface area (TPSA) is 137 Å². The molecule has 2 aromatic heterocycles. The first-order valence-electron chi connectivity index (χ1n) is 9.71. The van der Waals surface area contributed by atoms with E-state index in [2.05, 4.69) is 30.4 Å². The van der Waals surface area contributed by atoms with Crippen LogP contribution < -0.4 is 0 Å². The van der Waals surface area contributed by atoms with Crippen LogP contribution in [-0.2, 0) is 23.1 Å². The highest BCUT2D eigenvalue weighted by atomic mass is 32.2. The summed E-state index contributed by atoms with van der Waals surface area (Å²) in [6.45, 7) is 5.05. The molecule has 178 valence electrons. The second-order valence-electron chi connectivity index (χ2n) is 5.82. The Kier molecular flexibility index (Phi) is 13.3. The Morgan fingerprint density at radius 2 is 1.38 bits per heavy atom. The third-order valence-electron chi connectivity index (χ3n) is 3.64. The van der Waals surface area contributed by atoms with Crippen molar-refractivity contribution in [2.75, 3.05) is 26.4 Å². The lowest BCUT2D eigenvalue weighted by Crippen LogP contribution is -2.07. The monoisotopic (exact) mass is 540 g/mol. The van der Waals surface area contributed by atoms with Crippen molar-refractivity contribution in [3.8, 4) is 0 Å². The molecule has 16 heteroatoms. The van der Waals surface area contributed by atoms with Crippen molar-refractivity contribution in [2.24, 2.45) is 0 Å². The maximum Gasteiger partial charge on any atom is 0.319 e. The van der Waals surface area contributed by atoms with Crippen LogP contribution in [0.4, 0.5) is 0 Å². The number of nitrogens with one attached hydrogen (secondary N) is 2. The number of aromatic nitrogens is 6. The van der Waals surface area contributed by atoms with Crippen molar-refractivity contribution in [1.29, 1.82) is 0 Å². The fourth-order valence-electron chi connectivity index (χ4n) is 2.31. The highest BCUT2D eigenvalue weighted by Gasteiger charge is 2.21. The maximum absolute atomic E-state index is 12.2. The van der Waals surface area contributed by atoms with Crippen molar-refractivity contribution in [2.45, 2.75) is 37.2 Å². The second kappa shape index (κ2) is 15.7. The van der Waals surface area contributed by atoms with Gasteiger partial charge >= 0.3 is 8.25 Å². The van der Waals surface area contributed by atoms with E-state index in [-0.39, 0.29) is 23.7 Å². The predicted octanol–water partition coefficient (Wildman–Crippen LogP) is 4.02. The van der Waals surface area contributed by atoms with E-state index in [0.29, 0.717) is 46.5 Å². The average Bonchev–Trinajstić information content (AvgIpc) is 3.47. The third kappa shape index (κ3) is 10.2. The molecule has 0 aliphatic carbocycles. The Bertz CT molecular complexity index is 763. The van der Waals surface area contributed by atoms with Gasteiger partial charge in [-0.3, -0.25) is 14.8 Å². The van der Waals surface area contributed by atoms with Gasteiger partial charge < -0.3 is 18.5 Å². The minimum Gasteiger partial charge on any atom is -0.479 e. The van der Waals surface area contributed by atoms with E-state index in [4.69, 9.17) is 43.0 Å². The van der Waals surface area contributed by atoms with Gasteiger partial charge in [-0.1, -0.05) is 23.5 Å². The Labute approximate surface area is 205 Å². The van der Waals surface area contributed by atoms with Gasteiger partial charge in [0, 0.05) is 0 Å². The molecule has 32 heavy (non-hydrogen) atoms. The van der Waals surface area contributed by atoms with Crippen molar-refractivity contribution in [3.63, 3.8) is 0 Å². The van der Waals surface area contributed by atoms with Crippen LogP contribution in [0, 0.1) is 0 Å². The molecule has 0 fully saturated rings. The largest absolute Gasteiger partial charge is 0.479 e. The number of hydrogen-bond donors (Lipinski definition) is 2. The lowest BCUT2D eigenvalue weighted by Gasteiger charge is -2.15. The molecule has 0 spiro atoms. The minimum atomic E-state index is -2.69. The SMILES string of the molecule is CCOC(=S)SC(CCO[PH](=O)OCCC(SC(=S)OCC)c1nc[nH]n1)c1nc[nH]n1. The fraction of sp³-hybridized carbons (Fsp3) is 0.625. The minimum absolute atomic E-state index is 0.187. The standard InChI is InChI=1S/C16H25N6O5PS4/c1-3-24-15(29)31-11(13-17-9-19-21-13)5-7-26-28(23)27-8-6-12(14-18-10-20-22-14)32-16(30)25-4-2/h9-12,28H,3-8H2,1-2H3,(H,17,19,21)(H,18,20,22). The van der Waals surface area contributed by atoms with Gasteiger partial charge in [-0.05, 0) is 51.1 Å². The number of rotatable bonds is 14.